The monoisotopic (exact) mass is 748 g/mol. The van der Waals surface area contributed by atoms with Crippen molar-refractivity contribution in [2.24, 2.45) is 5.92 Å². The first kappa shape index (κ1) is 35.9. The molecule has 4 amide bonds. The fourth-order valence-corrected chi connectivity index (χ4v) is 8.04. The van der Waals surface area contributed by atoms with Gasteiger partial charge >= 0.3 is 12.2 Å². The van der Waals surface area contributed by atoms with Gasteiger partial charge in [-0.3, -0.25) is 9.59 Å². The highest BCUT2D eigenvalue weighted by Crippen LogP contribution is 2.37. The number of nitrogens with zero attached hydrogens (tertiary/aromatic N) is 6. The summed E-state index contributed by atoms with van der Waals surface area (Å²) in [5, 5.41) is 15.4. The van der Waals surface area contributed by atoms with Crippen LogP contribution in [0.1, 0.15) is 75.6 Å². The molecule has 55 heavy (non-hydrogen) atoms. The van der Waals surface area contributed by atoms with Crippen molar-refractivity contribution in [1.29, 1.82) is 0 Å². The van der Waals surface area contributed by atoms with E-state index in [9.17, 15) is 19.2 Å². The zero-order chi connectivity index (χ0) is 38.2. The van der Waals surface area contributed by atoms with E-state index >= 15 is 0 Å². The van der Waals surface area contributed by atoms with Gasteiger partial charge in [0, 0.05) is 29.6 Å². The smallest absolute Gasteiger partial charge is 0.407 e. The third-order valence-corrected chi connectivity index (χ3v) is 11.2. The average Bonchev–Trinajstić information content (AvgIpc) is 4.01. The van der Waals surface area contributed by atoms with Crippen molar-refractivity contribution in [3.8, 4) is 22.5 Å². The van der Waals surface area contributed by atoms with Gasteiger partial charge in [-0.05, 0) is 75.6 Å². The van der Waals surface area contributed by atoms with Gasteiger partial charge in [0.15, 0.2) is 0 Å². The summed E-state index contributed by atoms with van der Waals surface area (Å²) in [6.45, 7) is 2.82. The largest absolute Gasteiger partial charge is 0.453 e. The first-order valence-electron chi connectivity index (χ1n) is 18.8. The number of amides is 4. The molecule has 3 fully saturated rings. The summed E-state index contributed by atoms with van der Waals surface area (Å²) in [4.78, 5) is 70.7. The minimum absolute atomic E-state index is 0.0882. The summed E-state index contributed by atoms with van der Waals surface area (Å²) in [6.07, 6.45) is 6.59. The number of H-pyrrole nitrogens is 2. The maximum atomic E-state index is 13.8. The number of hydrogen-bond acceptors (Lipinski definition) is 10. The van der Waals surface area contributed by atoms with Crippen LogP contribution in [0.2, 0.25) is 0 Å². The van der Waals surface area contributed by atoms with E-state index in [4.69, 9.17) is 9.72 Å². The van der Waals surface area contributed by atoms with Gasteiger partial charge in [0.1, 0.15) is 23.7 Å². The van der Waals surface area contributed by atoms with Gasteiger partial charge in [0.2, 0.25) is 11.8 Å². The van der Waals surface area contributed by atoms with E-state index in [2.05, 4.69) is 40.5 Å². The van der Waals surface area contributed by atoms with Gasteiger partial charge in [-0.2, -0.15) is 0 Å². The van der Waals surface area contributed by atoms with Crippen molar-refractivity contribution in [3.05, 3.63) is 60.3 Å². The maximum absolute atomic E-state index is 13.8. The predicted octanol–water partition coefficient (Wildman–Crippen LogP) is 5.16. The molecular weight excluding hydrogens is 704 g/mol. The van der Waals surface area contributed by atoms with Crippen LogP contribution < -0.4 is 10.6 Å². The molecule has 4 N–H and O–H groups in total. The third-order valence-electron chi connectivity index (χ3n) is 11.2. The molecule has 0 spiro atoms. The molecule has 8 rings (SSSR count). The van der Waals surface area contributed by atoms with Gasteiger partial charge in [0.25, 0.3) is 0 Å². The molecule has 16 heteroatoms. The number of aromatic nitrogens is 6. The van der Waals surface area contributed by atoms with Crippen LogP contribution in [0.3, 0.4) is 0 Å². The molecule has 5 aromatic rings. The van der Waals surface area contributed by atoms with Gasteiger partial charge in [-0.25, -0.2) is 19.6 Å². The van der Waals surface area contributed by atoms with Crippen LogP contribution in [0.15, 0.2) is 48.7 Å². The summed E-state index contributed by atoms with van der Waals surface area (Å²) >= 11 is 0. The maximum Gasteiger partial charge on any atom is 0.407 e. The predicted molar refractivity (Wildman–Crippen MR) is 201 cm³/mol. The molecule has 2 saturated heterocycles. The number of fused-ring (bicyclic) bond motifs is 2. The topological polar surface area (TPSA) is 200 Å². The van der Waals surface area contributed by atoms with Gasteiger partial charge < -0.3 is 39.9 Å². The van der Waals surface area contributed by atoms with Crippen LogP contribution in [-0.4, -0.2) is 103 Å². The quantitative estimate of drug-likeness (QED) is 0.156. The highest BCUT2D eigenvalue weighted by atomic mass is 16.5. The molecule has 2 aliphatic heterocycles. The molecule has 286 valence electrons. The van der Waals surface area contributed by atoms with Crippen molar-refractivity contribution in [2.75, 3.05) is 27.3 Å². The highest BCUT2D eigenvalue weighted by Gasteiger charge is 2.41. The van der Waals surface area contributed by atoms with Crippen molar-refractivity contribution in [2.45, 2.75) is 76.0 Å². The van der Waals surface area contributed by atoms with Crippen molar-refractivity contribution < 1.29 is 28.7 Å². The molecular formula is C39H44N10O6. The van der Waals surface area contributed by atoms with E-state index in [0.717, 1.165) is 89.5 Å². The Morgan fingerprint density at radius 1 is 0.764 bits per heavy atom. The first-order valence-corrected chi connectivity index (χ1v) is 18.8. The summed E-state index contributed by atoms with van der Waals surface area (Å²) in [5.41, 5.74) is 5.60. The van der Waals surface area contributed by atoms with E-state index in [0.29, 0.717) is 24.6 Å². The van der Waals surface area contributed by atoms with Gasteiger partial charge in [-0.1, -0.05) is 24.6 Å². The molecule has 16 nitrogen and oxygen atoms in total. The lowest BCUT2D eigenvalue weighted by molar-refractivity contribution is -0.136. The Hall–Kier alpha value is -6.06. The summed E-state index contributed by atoms with van der Waals surface area (Å²) in [5.74, 6) is 1.24. The number of nitrogens with one attached hydrogen (secondary N) is 4. The number of likely N-dealkylation sites (tertiary alicyclic amines) is 2. The Balaban J connectivity index is 0.978. The molecule has 0 radical (unpaired) electrons. The lowest BCUT2D eigenvalue weighted by Crippen LogP contribution is -2.53. The summed E-state index contributed by atoms with van der Waals surface area (Å²) in [7, 11) is 2.58. The van der Waals surface area contributed by atoms with Crippen LogP contribution in [0, 0.1) is 5.92 Å². The Labute approximate surface area is 316 Å². The van der Waals surface area contributed by atoms with Crippen LogP contribution in [0.25, 0.3) is 44.5 Å². The average molecular weight is 749 g/mol. The molecule has 1 saturated carbocycles. The molecule has 4 unspecified atom stereocenters. The zero-order valence-electron chi connectivity index (χ0n) is 31.0. The van der Waals surface area contributed by atoms with Gasteiger partial charge in [-0.15, -0.1) is 10.2 Å². The fraction of sp³-hybridized carbons (Fsp3) is 0.436. The second-order valence-corrected chi connectivity index (χ2v) is 14.6. The number of benzene rings is 2. The Bertz CT molecular complexity index is 2270. The van der Waals surface area contributed by atoms with E-state index in [1.165, 1.54) is 14.2 Å². The number of methoxy groups -OCH3 is 2. The van der Waals surface area contributed by atoms with Crippen LogP contribution in [0.5, 0.6) is 0 Å². The van der Waals surface area contributed by atoms with Crippen molar-refractivity contribution in [3.63, 3.8) is 0 Å². The Kier molecular flexibility index (Phi) is 9.80. The Morgan fingerprint density at radius 2 is 1.47 bits per heavy atom. The molecule has 0 bridgehead atoms. The lowest BCUT2D eigenvalue weighted by Gasteiger charge is -2.36. The molecule has 2 aromatic carbocycles. The normalized spacial score (nSPS) is 19.6. The number of imidazole rings is 2. The number of carbonyl (C=O) groups is 4. The van der Waals surface area contributed by atoms with E-state index in [1.54, 1.807) is 18.0 Å². The molecule has 1 aliphatic carbocycles. The van der Waals surface area contributed by atoms with E-state index in [-0.39, 0.29) is 29.8 Å². The lowest BCUT2D eigenvalue weighted by atomic mass is 9.79. The molecule has 3 aliphatic rings. The SMILES string of the molecule is COC(=O)NC(C)C(=O)N1CCCC1c1ncc(-c2ccc3cc(-c4ccc5nc(C6CCCN6C(=O)C(NC(=O)OC)C6CCC6)[nH]c5c4)nnc3c2)[nH]1. The zero-order valence-corrected chi connectivity index (χ0v) is 31.0. The number of rotatable bonds is 9. The number of alkyl carbamates (subject to hydrolysis) is 2. The molecule has 3 aromatic heterocycles. The molecule has 5 heterocycles. The van der Waals surface area contributed by atoms with Crippen molar-refractivity contribution >= 4 is 45.9 Å². The number of aromatic amines is 2. The van der Waals surface area contributed by atoms with E-state index < -0.39 is 24.3 Å². The summed E-state index contributed by atoms with van der Waals surface area (Å²) in [6, 6.07) is 12.1. The molecule has 4 atom stereocenters. The minimum atomic E-state index is -0.723. The third kappa shape index (κ3) is 7.03. The second kappa shape index (κ2) is 15.0. The van der Waals surface area contributed by atoms with Gasteiger partial charge in [0.05, 0.1) is 60.4 Å². The van der Waals surface area contributed by atoms with Crippen molar-refractivity contribution in [1.82, 2.24) is 50.6 Å². The van der Waals surface area contributed by atoms with Crippen LogP contribution in [-0.2, 0) is 19.1 Å². The van der Waals surface area contributed by atoms with Crippen LogP contribution >= 0.6 is 0 Å². The standard InChI is InChI=1S/C39H44N10O6/c1-21(41-38(52)54-2)36(50)48-15-5-9-31(48)34-40-20-30(44-34)25-12-11-23-17-27(46-47-28(23)18-25)24-13-14-26-29(19-24)43-35(42-26)32-10-6-16-49(32)37(51)33(22-7-4-8-22)45-39(53)55-3/h11-14,17-22,31-33H,4-10,15-16H2,1-3H3,(H,40,44)(H,41,52)(H,42,43)(H,45,53). The fourth-order valence-electron chi connectivity index (χ4n) is 8.04. The minimum Gasteiger partial charge on any atom is -0.453 e. The second-order valence-electron chi connectivity index (χ2n) is 14.6. The van der Waals surface area contributed by atoms with Crippen LogP contribution in [0.4, 0.5) is 9.59 Å². The first-order chi connectivity index (χ1) is 26.7. The number of hydrogen-bond donors (Lipinski definition) is 4. The number of carbonyl (C=O) groups excluding carboxylic acids is 4. The Morgan fingerprint density at radius 3 is 2.20 bits per heavy atom. The summed E-state index contributed by atoms with van der Waals surface area (Å²) < 4.78 is 9.48. The van der Waals surface area contributed by atoms with E-state index in [1.807, 2.05) is 47.4 Å². The number of ether oxygens (including phenoxy) is 2. The highest BCUT2D eigenvalue weighted by molar-refractivity contribution is 5.89.